The van der Waals surface area contributed by atoms with E-state index in [0.717, 1.165) is 46.0 Å². The third-order valence-corrected chi connectivity index (χ3v) is 6.69. The summed E-state index contributed by atoms with van der Waals surface area (Å²) in [6.07, 6.45) is 0.267. The Hall–Kier alpha value is -4.18. The first-order valence-electron chi connectivity index (χ1n) is 12.2. The van der Waals surface area contributed by atoms with Crippen molar-refractivity contribution >= 4 is 17.3 Å². The maximum atomic E-state index is 11.5. The molecule has 3 aromatic rings. The average molecular weight is 484 g/mol. The second-order valence-corrected chi connectivity index (χ2v) is 9.18. The second kappa shape index (κ2) is 9.82. The van der Waals surface area contributed by atoms with Crippen molar-refractivity contribution in [3.8, 4) is 17.6 Å². The van der Waals surface area contributed by atoms with Crippen molar-refractivity contribution in [2.24, 2.45) is 0 Å². The number of benzene rings is 3. The summed E-state index contributed by atoms with van der Waals surface area (Å²) in [6, 6.07) is 22.0. The predicted molar refractivity (Wildman–Crippen MR) is 137 cm³/mol. The van der Waals surface area contributed by atoms with Gasteiger partial charge in [-0.05, 0) is 49.2 Å². The number of carbonyl (C=O) groups is 1. The topological polar surface area (TPSA) is 92.6 Å². The highest BCUT2D eigenvalue weighted by Crippen LogP contribution is 2.44. The zero-order valence-electron chi connectivity index (χ0n) is 20.6. The van der Waals surface area contributed by atoms with Crippen LogP contribution in [0.2, 0.25) is 0 Å². The van der Waals surface area contributed by atoms with Crippen LogP contribution in [0.15, 0.2) is 60.7 Å². The number of carbonyl (C=O) groups excluding carboxylic acids is 1. The number of esters is 1. The highest BCUT2D eigenvalue weighted by atomic mass is 16.6. The minimum Gasteiger partial charge on any atom is -0.489 e. The van der Waals surface area contributed by atoms with E-state index in [-0.39, 0.29) is 24.2 Å². The Morgan fingerprint density at radius 3 is 2.69 bits per heavy atom. The third kappa shape index (κ3) is 4.55. The number of para-hydroxylation sites is 1. The molecule has 0 bridgehead atoms. The Morgan fingerprint density at radius 2 is 1.97 bits per heavy atom. The molecule has 7 nitrogen and oxygen atoms in total. The van der Waals surface area contributed by atoms with Gasteiger partial charge >= 0.3 is 5.97 Å². The molecule has 184 valence electrons. The van der Waals surface area contributed by atoms with E-state index in [1.807, 2.05) is 61.5 Å². The second-order valence-electron chi connectivity index (χ2n) is 9.18. The summed E-state index contributed by atoms with van der Waals surface area (Å²) in [6.45, 7) is 5.95. The molecular formula is C29H29N3O4. The van der Waals surface area contributed by atoms with Gasteiger partial charge in [0.25, 0.3) is 0 Å². The van der Waals surface area contributed by atoms with Gasteiger partial charge in [-0.1, -0.05) is 31.2 Å². The van der Waals surface area contributed by atoms with Gasteiger partial charge in [0.05, 0.1) is 29.4 Å². The van der Waals surface area contributed by atoms with Crippen molar-refractivity contribution in [3.63, 3.8) is 0 Å². The smallest absolute Gasteiger partial charge is 0.303 e. The molecule has 0 saturated carbocycles. The average Bonchev–Trinajstić information content (AvgIpc) is 3.43. The molecule has 0 amide bonds. The summed E-state index contributed by atoms with van der Waals surface area (Å²) in [5.41, 5.74) is 5.60. The SMILES string of the molecule is CCC(Nc1cccc2c1OC[C@H]2Nc1ccc2c(c1)OC(C)[C@H]2OC(C)=O)c1ccc(C#N)cc1. The number of nitrogens with zero attached hydrogens (tertiary/aromatic N) is 1. The Balaban J connectivity index is 1.33. The minimum atomic E-state index is -0.390. The molecule has 0 aromatic heterocycles. The van der Waals surface area contributed by atoms with Crippen LogP contribution in [-0.2, 0) is 9.53 Å². The van der Waals surface area contributed by atoms with Crippen LogP contribution in [0.1, 0.15) is 67.6 Å². The quantitative estimate of drug-likeness (QED) is 0.395. The van der Waals surface area contributed by atoms with Crippen LogP contribution in [0.4, 0.5) is 11.4 Å². The number of hydrogen-bond acceptors (Lipinski definition) is 7. The van der Waals surface area contributed by atoms with E-state index in [1.165, 1.54) is 6.92 Å². The summed E-state index contributed by atoms with van der Waals surface area (Å²) >= 11 is 0. The molecule has 2 aliphatic rings. The number of hydrogen-bond donors (Lipinski definition) is 2. The molecule has 2 aliphatic heterocycles. The van der Waals surface area contributed by atoms with Crippen LogP contribution in [0.3, 0.4) is 0 Å². The fourth-order valence-electron chi connectivity index (χ4n) is 4.89. The van der Waals surface area contributed by atoms with Crippen molar-refractivity contribution < 1.29 is 19.0 Å². The van der Waals surface area contributed by atoms with E-state index < -0.39 is 6.10 Å². The molecule has 0 saturated heterocycles. The lowest BCUT2D eigenvalue weighted by Gasteiger charge is -2.20. The van der Waals surface area contributed by atoms with Crippen molar-refractivity contribution in [1.82, 2.24) is 0 Å². The van der Waals surface area contributed by atoms with Gasteiger partial charge in [-0.2, -0.15) is 5.26 Å². The first kappa shape index (κ1) is 23.6. The van der Waals surface area contributed by atoms with Crippen molar-refractivity contribution in [2.45, 2.75) is 51.5 Å². The Morgan fingerprint density at radius 1 is 1.17 bits per heavy atom. The maximum absolute atomic E-state index is 11.5. The molecule has 4 atom stereocenters. The molecule has 0 spiro atoms. The number of anilines is 2. The molecule has 7 heteroatoms. The molecule has 0 fully saturated rings. The predicted octanol–water partition coefficient (Wildman–Crippen LogP) is 6.05. The number of ether oxygens (including phenoxy) is 3. The van der Waals surface area contributed by atoms with E-state index in [9.17, 15) is 4.79 Å². The van der Waals surface area contributed by atoms with Crippen molar-refractivity contribution in [2.75, 3.05) is 17.2 Å². The first-order valence-corrected chi connectivity index (χ1v) is 12.2. The summed E-state index contributed by atoms with van der Waals surface area (Å²) in [5, 5.41) is 16.3. The molecule has 2 N–H and O–H groups in total. The number of nitrogens with one attached hydrogen (secondary N) is 2. The molecular weight excluding hydrogens is 454 g/mol. The van der Waals surface area contributed by atoms with Gasteiger partial charge in [0.2, 0.25) is 0 Å². The van der Waals surface area contributed by atoms with Crippen molar-refractivity contribution in [3.05, 3.63) is 82.9 Å². The van der Waals surface area contributed by atoms with E-state index >= 15 is 0 Å². The van der Waals surface area contributed by atoms with Gasteiger partial charge in [-0.25, -0.2) is 0 Å². The molecule has 5 rings (SSSR count). The zero-order valence-corrected chi connectivity index (χ0v) is 20.6. The van der Waals surface area contributed by atoms with Gasteiger partial charge in [-0.3, -0.25) is 4.79 Å². The standard InChI is InChI=1S/C29H29N3O4/c1-4-24(20-10-8-19(15-30)9-11-20)32-25-7-5-6-22-26(16-34-29(22)25)31-21-12-13-23-27(14-21)35-17(2)28(23)36-18(3)33/h5-14,17,24,26,28,31-32H,4,16H2,1-3H3/t17?,24?,26-,28-/m1/s1. The summed E-state index contributed by atoms with van der Waals surface area (Å²) in [4.78, 5) is 11.5. The summed E-state index contributed by atoms with van der Waals surface area (Å²) in [5.74, 6) is 1.25. The van der Waals surface area contributed by atoms with Crippen LogP contribution in [0, 0.1) is 11.3 Å². The lowest BCUT2D eigenvalue weighted by atomic mass is 10.0. The fourth-order valence-corrected chi connectivity index (χ4v) is 4.89. The normalized spacial score (nSPS) is 20.2. The van der Waals surface area contributed by atoms with Gasteiger partial charge in [0, 0.05) is 29.8 Å². The van der Waals surface area contributed by atoms with E-state index in [0.29, 0.717) is 12.2 Å². The molecule has 2 heterocycles. The van der Waals surface area contributed by atoms with Crippen LogP contribution < -0.4 is 20.1 Å². The lowest BCUT2D eigenvalue weighted by molar-refractivity contribution is -0.149. The zero-order chi connectivity index (χ0) is 25.2. The van der Waals surface area contributed by atoms with Crippen LogP contribution >= 0.6 is 0 Å². The largest absolute Gasteiger partial charge is 0.489 e. The van der Waals surface area contributed by atoms with E-state index in [2.05, 4.69) is 29.7 Å². The highest BCUT2D eigenvalue weighted by molar-refractivity contribution is 5.68. The summed E-state index contributed by atoms with van der Waals surface area (Å²) < 4.78 is 17.5. The minimum absolute atomic E-state index is 0.0159. The van der Waals surface area contributed by atoms with Crippen LogP contribution in [-0.4, -0.2) is 18.7 Å². The Bertz CT molecular complexity index is 1320. The monoisotopic (exact) mass is 483 g/mol. The first-order chi connectivity index (χ1) is 17.5. The molecule has 0 aliphatic carbocycles. The number of nitriles is 1. The molecule has 0 radical (unpaired) electrons. The molecule has 2 unspecified atom stereocenters. The van der Waals surface area contributed by atoms with Crippen LogP contribution in [0.5, 0.6) is 11.5 Å². The number of rotatable bonds is 7. The third-order valence-electron chi connectivity index (χ3n) is 6.69. The van der Waals surface area contributed by atoms with E-state index in [1.54, 1.807) is 0 Å². The Labute approximate surface area is 211 Å². The fraction of sp³-hybridized carbons (Fsp3) is 0.310. The molecule has 3 aromatic carbocycles. The van der Waals surface area contributed by atoms with Gasteiger partial charge in [0.1, 0.15) is 24.2 Å². The summed E-state index contributed by atoms with van der Waals surface area (Å²) in [7, 11) is 0. The van der Waals surface area contributed by atoms with Gasteiger partial charge in [0.15, 0.2) is 6.10 Å². The molecule has 36 heavy (non-hydrogen) atoms. The number of fused-ring (bicyclic) bond motifs is 2. The van der Waals surface area contributed by atoms with Crippen molar-refractivity contribution in [1.29, 1.82) is 5.26 Å². The lowest BCUT2D eigenvalue weighted by Crippen LogP contribution is -2.18. The Kier molecular flexibility index (Phi) is 6.43. The highest BCUT2D eigenvalue weighted by Gasteiger charge is 2.34. The van der Waals surface area contributed by atoms with Gasteiger partial charge in [-0.15, -0.1) is 0 Å². The van der Waals surface area contributed by atoms with E-state index in [4.69, 9.17) is 19.5 Å². The van der Waals surface area contributed by atoms with Crippen LogP contribution in [0.25, 0.3) is 0 Å². The maximum Gasteiger partial charge on any atom is 0.303 e. The van der Waals surface area contributed by atoms with Gasteiger partial charge < -0.3 is 24.8 Å².